The van der Waals surface area contributed by atoms with E-state index in [-0.39, 0.29) is 16.7 Å². The lowest BCUT2D eigenvalue weighted by Crippen LogP contribution is -2.07. The predicted octanol–water partition coefficient (Wildman–Crippen LogP) is 3.47. The zero-order chi connectivity index (χ0) is 10.7. The minimum atomic E-state index is -0.619. The summed E-state index contributed by atoms with van der Waals surface area (Å²) in [5.41, 5.74) is 0. The van der Waals surface area contributed by atoms with Crippen molar-refractivity contribution < 1.29 is 13.5 Å². The van der Waals surface area contributed by atoms with E-state index in [0.717, 1.165) is 11.8 Å². The summed E-state index contributed by atoms with van der Waals surface area (Å²) in [5, 5.41) is 0. The van der Waals surface area contributed by atoms with Crippen LogP contribution in [0.3, 0.4) is 0 Å². The van der Waals surface area contributed by atoms with Gasteiger partial charge in [-0.2, -0.15) is 0 Å². The Labute approximate surface area is 86.5 Å². The topological polar surface area (TPSA) is 9.23 Å². The fourth-order valence-corrected chi connectivity index (χ4v) is 1.59. The molecule has 0 aromatic heterocycles. The number of benzene rings is 1. The summed E-state index contributed by atoms with van der Waals surface area (Å²) >= 11 is 1.03. The van der Waals surface area contributed by atoms with Gasteiger partial charge >= 0.3 is 0 Å². The van der Waals surface area contributed by atoms with E-state index in [4.69, 9.17) is 4.74 Å². The Morgan fingerprint density at radius 2 is 1.93 bits per heavy atom. The number of hydrogen-bond acceptors (Lipinski definition) is 2. The first-order valence-electron chi connectivity index (χ1n) is 4.25. The highest BCUT2D eigenvalue weighted by atomic mass is 32.2. The standard InChI is InChI=1S/C10H12F2OS/c1-6(2)13-8-5-4-7(11)10(14-3)9(8)12/h4-6H,1-3H3. The molecule has 14 heavy (non-hydrogen) atoms. The van der Waals surface area contributed by atoms with Gasteiger partial charge < -0.3 is 4.74 Å². The second-order valence-corrected chi connectivity index (χ2v) is 3.88. The first kappa shape index (κ1) is 11.3. The Morgan fingerprint density at radius 3 is 2.43 bits per heavy atom. The highest BCUT2D eigenvalue weighted by Crippen LogP contribution is 2.30. The first-order valence-corrected chi connectivity index (χ1v) is 5.47. The van der Waals surface area contributed by atoms with Crippen molar-refractivity contribution in [1.82, 2.24) is 0 Å². The molecule has 0 aliphatic heterocycles. The van der Waals surface area contributed by atoms with Crippen LogP contribution in [0.2, 0.25) is 0 Å². The highest BCUT2D eigenvalue weighted by molar-refractivity contribution is 7.98. The molecule has 0 saturated heterocycles. The maximum Gasteiger partial charge on any atom is 0.181 e. The van der Waals surface area contributed by atoms with Crippen LogP contribution in [0.5, 0.6) is 5.75 Å². The Hall–Kier alpha value is -0.770. The van der Waals surface area contributed by atoms with E-state index in [1.54, 1.807) is 20.1 Å². The van der Waals surface area contributed by atoms with E-state index < -0.39 is 11.6 Å². The zero-order valence-corrected chi connectivity index (χ0v) is 9.12. The molecule has 0 heterocycles. The van der Waals surface area contributed by atoms with Crippen molar-refractivity contribution in [2.75, 3.05) is 6.26 Å². The maximum absolute atomic E-state index is 13.5. The number of ether oxygens (including phenoxy) is 1. The molecule has 0 unspecified atom stereocenters. The molecule has 1 rings (SSSR count). The summed E-state index contributed by atoms with van der Waals surface area (Å²) in [7, 11) is 0. The Morgan fingerprint density at radius 1 is 1.29 bits per heavy atom. The average molecular weight is 218 g/mol. The van der Waals surface area contributed by atoms with Crippen LogP contribution in [0.25, 0.3) is 0 Å². The minimum absolute atomic E-state index is 0.00292. The predicted molar refractivity (Wildman–Crippen MR) is 53.9 cm³/mol. The average Bonchev–Trinajstić information content (AvgIpc) is 2.10. The zero-order valence-electron chi connectivity index (χ0n) is 8.30. The Balaban J connectivity index is 3.08. The molecule has 1 aromatic rings. The molecule has 1 aromatic carbocycles. The Bertz CT molecular complexity index is 326. The molecule has 1 nitrogen and oxygen atoms in total. The summed E-state index contributed by atoms with van der Waals surface area (Å²) in [4.78, 5) is 0.00292. The fraction of sp³-hybridized carbons (Fsp3) is 0.400. The highest BCUT2D eigenvalue weighted by Gasteiger charge is 2.14. The van der Waals surface area contributed by atoms with Crippen LogP contribution in [0.1, 0.15) is 13.8 Å². The molecular formula is C10H12F2OS. The van der Waals surface area contributed by atoms with Crippen molar-refractivity contribution in [3.05, 3.63) is 23.8 Å². The number of thioether (sulfide) groups is 1. The summed E-state index contributed by atoms with van der Waals surface area (Å²) in [6, 6.07) is 2.52. The van der Waals surface area contributed by atoms with Crippen LogP contribution in [0.4, 0.5) is 8.78 Å². The minimum Gasteiger partial charge on any atom is -0.488 e. The molecule has 78 valence electrons. The lowest BCUT2D eigenvalue weighted by atomic mass is 10.3. The van der Waals surface area contributed by atoms with Gasteiger partial charge in [0, 0.05) is 0 Å². The second-order valence-electron chi connectivity index (χ2n) is 3.06. The van der Waals surface area contributed by atoms with Gasteiger partial charge in [0.25, 0.3) is 0 Å². The summed E-state index contributed by atoms with van der Waals surface area (Å²) in [5.74, 6) is -1.07. The first-order chi connectivity index (χ1) is 6.56. The quantitative estimate of drug-likeness (QED) is 0.718. The van der Waals surface area contributed by atoms with Crippen molar-refractivity contribution in [2.24, 2.45) is 0 Å². The molecule has 0 aliphatic rings. The molecule has 0 aliphatic carbocycles. The molecule has 0 N–H and O–H groups in total. The summed E-state index contributed by atoms with van der Waals surface area (Å²) in [6.07, 6.45) is 1.50. The molecule has 0 amide bonds. The monoisotopic (exact) mass is 218 g/mol. The molecule has 0 atom stereocenters. The lowest BCUT2D eigenvalue weighted by Gasteiger charge is -2.12. The van der Waals surface area contributed by atoms with Crippen molar-refractivity contribution in [1.29, 1.82) is 0 Å². The van der Waals surface area contributed by atoms with Gasteiger partial charge in [0.05, 0.1) is 11.0 Å². The van der Waals surface area contributed by atoms with Crippen LogP contribution in [-0.4, -0.2) is 12.4 Å². The lowest BCUT2D eigenvalue weighted by molar-refractivity contribution is 0.228. The van der Waals surface area contributed by atoms with Crippen molar-refractivity contribution in [2.45, 2.75) is 24.8 Å². The van der Waals surface area contributed by atoms with Gasteiger partial charge in [0.2, 0.25) is 0 Å². The maximum atomic E-state index is 13.5. The molecule has 0 spiro atoms. The van der Waals surface area contributed by atoms with Crippen LogP contribution in [-0.2, 0) is 0 Å². The van der Waals surface area contributed by atoms with E-state index in [1.165, 1.54) is 12.1 Å². The van der Waals surface area contributed by atoms with Gasteiger partial charge in [-0.25, -0.2) is 8.78 Å². The normalized spacial score (nSPS) is 10.7. The van der Waals surface area contributed by atoms with Crippen LogP contribution in [0, 0.1) is 11.6 Å². The summed E-state index contributed by atoms with van der Waals surface area (Å²) in [6.45, 7) is 3.59. The van der Waals surface area contributed by atoms with Crippen molar-refractivity contribution in [3.63, 3.8) is 0 Å². The third-order valence-electron chi connectivity index (χ3n) is 1.58. The molecule has 0 fully saturated rings. The molecule has 0 radical (unpaired) electrons. The van der Waals surface area contributed by atoms with E-state index in [2.05, 4.69) is 0 Å². The fourth-order valence-electron chi connectivity index (χ4n) is 1.05. The number of rotatable bonds is 3. The van der Waals surface area contributed by atoms with E-state index in [0.29, 0.717) is 0 Å². The van der Waals surface area contributed by atoms with Gasteiger partial charge in [-0.3, -0.25) is 0 Å². The van der Waals surface area contributed by atoms with E-state index in [9.17, 15) is 8.78 Å². The van der Waals surface area contributed by atoms with Crippen LogP contribution >= 0.6 is 11.8 Å². The molecular weight excluding hydrogens is 206 g/mol. The Kier molecular flexibility index (Phi) is 3.75. The van der Waals surface area contributed by atoms with Crippen LogP contribution in [0.15, 0.2) is 17.0 Å². The van der Waals surface area contributed by atoms with Gasteiger partial charge in [-0.1, -0.05) is 0 Å². The van der Waals surface area contributed by atoms with Crippen molar-refractivity contribution >= 4 is 11.8 Å². The molecule has 0 bridgehead atoms. The SMILES string of the molecule is CSc1c(F)ccc(OC(C)C)c1F. The van der Waals surface area contributed by atoms with Gasteiger partial charge in [-0.15, -0.1) is 11.8 Å². The van der Waals surface area contributed by atoms with Gasteiger partial charge in [0.1, 0.15) is 5.82 Å². The second kappa shape index (κ2) is 4.64. The van der Waals surface area contributed by atoms with E-state index >= 15 is 0 Å². The summed E-state index contributed by atoms with van der Waals surface area (Å²) < 4.78 is 31.7. The van der Waals surface area contributed by atoms with Crippen molar-refractivity contribution in [3.8, 4) is 5.75 Å². The van der Waals surface area contributed by atoms with E-state index in [1.807, 2.05) is 0 Å². The third-order valence-corrected chi connectivity index (χ3v) is 2.36. The van der Waals surface area contributed by atoms with Gasteiger partial charge in [-0.05, 0) is 32.2 Å². The molecule has 4 heteroatoms. The molecule has 0 saturated carbocycles. The number of hydrogen-bond donors (Lipinski definition) is 0. The largest absolute Gasteiger partial charge is 0.488 e. The number of halogens is 2. The van der Waals surface area contributed by atoms with Gasteiger partial charge in [0.15, 0.2) is 11.6 Å². The smallest absolute Gasteiger partial charge is 0.181 e. The van der Waals surface area contributed by atoms with Crippen LogP contribution < -0.4 is 4.74 Å². The third kappa shape index (κ3) is 2.38.